The number of aromatic nitrogens is 1. The lowest BCUT2D eigenvalue weighted by Crippen LogP contribution is -2.50. The van der Waals surface area contributed by atoms with Gasteiger partial charge in [0, 0.05) is 43.4 Å². The van der Waals surface area contributed by atoms with Crippen molar-refractivity contribution in [2.75, 3.05) is 38.0 Å². The maximum atomic E-state index is 13.4. The first-order valence-corrected chi connectivity index (χ1v) is 12.7. The molecule has 0 aliphatic carbocycles. The van der Waals surface area contributed by atoms with Crippen molar-refractivity contribution in [1.29, 1.82) is 0 Å². The minimum Gasteiger partial charge on any atom is -0.324 e. The highest BCUT2D eigenvalue weighted by molar-refractivity contribution is 7.89. The Kier molecular flexibility index (Phi) is 6.78. The van der Waals surface area contributed by atoms with E-state index in [1.54, 1.807) is 18.3 Å². The van der Waals surface area contributed by atoms with Gasteiger partial charge in [-0.3, -0.25) is 14.7 Å². The zero-order valence-corrected chi connectivity index (χ0v) is 20.2. The lowest BCUT2D eigenvalue weighted by Gasteiger charge is -2.33. The first-order chi connectivity index (χ1) is 15.8. The van der Waals surface area contributed by atoms with E-state index in [0.29, 0.717) is 31.7 Å². The minimum absolute atomic E-state index is 0.0797. The molecule has 1 aromatic heterocycles. The topological polar surface area (TPSA) is 82.6 Å². The zero-order chi connectivity index (χ0) is 23.6. The Morgan fingerprint density at radius 3 is 2.52 bits per heavy atom. The molecule has 1 aliphatic heterocycles. The van der Waals surface area contributed by atoms with Crippen LogP contribution in [0.4, 0.5) is 5.69 Å². The average molecular weight is 467 g/mol. The molecular formula is C25H30N4O3S. The van der Waals surface area contributed by atoms with Crippen LogP contribution in [0, 0.1) is 13.8 Å². The molecule has 33 heavy (non-hydrogen) atoms. The quantitative estimate of drug-likeness (QED) is 0.602. The van der Waals surface area contributed by atoms with E-state index in [2.05, 4.69) is 17.2 Å². The number of rotatable bonds is 6. The van der Waals surface area contributed by atoms with Crippen LogP contribution in [0.25, 0.3) is 10.9 Å². The van der Waals surface area contributed by atoms with Crippen molar-refractivity contribution in [3.05, 3.63) is 65.4 Å². The second kappa shape index (κ2) is 9.59. The van der Waals surface area contributed by atoms with Crippen LogP contribution in [0.1, 0.15) is 23.6 Å². The summed E-state index contributed by atoms with van der Waals surface area (Å²) in [6.45, 7) is 7.89. The molecule has 1 N–H and O–H groups in total. The van der Waals surface area contributed by atoms with Crippen LogP contribution in [0.15, 0.2) is 53.6 Å². The average Bonchev–Trinajstić information content (AvgIpc) is 2.80. The zero-order valence-electron chi connectivity index (χ0n) is 19.3. The first kappa shape index (κ1) is 23.4. The van der Waals surface area contributed by atoms with Gasteiger partial charge in [-0.15, -0.1) is 0 Å². The second-order valence-electron chi connectivity index (χ2n) is 8.53. The van der Waals surface area contributed by atoms with Crippen molar-refractivity contribution in [3.63, 3.8) is 0 Å². The van der Waals surface area contributed by atoms with Crippen LogP contribution in [-0.4, -0.2) is 61.2 Å². The molecule has 1 saturated heterocycles. The third kappa shape index (κ3) is 4.93. The summed E-state index contributed by atoms with van der Waals surface area (Å²) in [7, 11) is -3.67. The fraction of sp³-hybridized carbons (Fsp3) is 0.360. The van der Waals surface area contributed by atoms with Gasteiger partial charge in [-0.2, -0.15) is 4.31 Å². The normalized spacial score (nSPS) is 15.6. The van der Waals surface area contributed by atoms with Crippen molar-refractivity contribution in [2.24, 2.45) is 0 Å². The van der Waals surface area contributed by atoms with E-state index in [4.69, 9.17) is 0 Å². The van der Waals surface area contributed by atoms with Crippen LogP contribution >= 0.6 is 0 Å². The summed E-state index contributed by atoms with van der Waals surface area (Å²) >= 11 is 0. The standard InChI is InChI=1S/C25H30N4O3S/c1-4-20-8-5-7-19(3)24(20)27-23(30)17-28-11-13-29(14-12-28)33(31,32)22-10-6-9-21-15-18(2)16-26-25(21)22/h5-10,15-16H,4,11-14,17H2,1-3H3,(H,27,30). The highest BCUT2D eigenvalue weighted by atomic mass is 32.2. The van der Waals surface area contributed by atoms with E-state index in [1.165, 1.54) is 4.31 Å². The summed E-state index contributed by atoms with van der Waals surface area (Å²) in [6.07, 6.45) is 2.53. The SMILES string of the molecule is CCc1cccc(C)c1NC(=O)CN1CCN(S(=O)(=O)c2cccc3cc(C)cnc23)CC1. The number of hydrogen-bond donors (Lipinski definition) is 1. The Labute approximate surface area is 195 Å². The largest absolute Gasteiger partial charge is 0.324 e. The van der Waals surface area contributed by atoms with Gasteiger partial charge >= 0.3 is 0 Å². The number of piperazine rings is 1. The summed E-state index contributed by atoms with van der Waals surface area (Å²) < 4.78 is 28.2. The molecule has 0 atom stereocenters. The molecule has 2 heterocycles. The van der Waals surface area contributed by atoms with Crippen molar-refractivity contribution in [1.82, 2.24) is 14.2 Å². The van der Waals surface area contributed by atoms with Gasteiger partial charge in [0.1, 0.15) is 4.90 Å². The highest BCUT2D eigenvalue weighted by Gasteiger charge is 2.30. The first-order valence-electron chi connectivity index (χ1n) is 11.3. The predicted octanol–water partition coefficient (Wildman–Crippen LogP) is 3.36. The molecule has 174 valence electrons. The number of sulfonamides is 1. The number of aryl methyl sites for hydroxylation is 3. The summed E-state index contributed by atoms with van der Waals surface area (Å²) in [5.74, 6) is -0.0797. The van der Waals surface area contributed by atoms with Crippen LogP contribution in [0.5, 0.6) is 0 Å². The number of para-hydroxylation sites is 2. The third-order valence-corrected chi connectivity index (χ3v) is 8.06. The molecule has 1 amide bonds. The number of pyridine rings is 1. The molecule has 4 rings (SSSR count). The maximum Gasteiger partial charge on any atom is 0.245 e. The van der Waals surface area contributed by atoms with Gasteiger partial charge in [-0.05, 0) is 49.1 Å². The molecule has 2 aromatic carbocycles. The fourth-order valence-corrected chi connectivity index (χ4v) is 5.89. The van der Waals surface area contributed by atoms with Crippen LogP contribution < -0.4 is 5.32 Å². The number of hydrogen-bond acceptors (Lipinski definition) is 5. The Balaban J connectivity index is 1.42. The third-order valence-electron chi connectivity index (χ3n) is 6.13. The molecule has 1 fully saturated rings. The molecule has 0 spiro atoms. The maximum absolute atomic E-state index is 13.4. The van der Waals surface area contributed by atoms with Crippen molar-refractivity contribution in [2.45, 2.75) is 32.1 Å². The van der Waals surface area contributed by atoms with Gasteiger partial charge in [0.25, 0.3) is 0 Å². The fourth-order valence-electron chi connectivity index (χ4n) is 4.30. The minimum atomic E-state index is -3.67. The summed E-state index contributed by atoms with van der Waals surface area (Å²) in [6, 6.07) is 13.2. The number of nitrogens with zero attached hydrogens (tertiary/aromatic N) is 3. The van der Waals surface area contributed by atoms with Gasteiger partial charge in [0.15, 0.2) is 0 Å². The predicted molar refractivity (Wildman–Crippen MR) is 131 cm³/mol. The van der Waals surface area contributed by atoms with Crippen LogP contribution in [0.2, 0.25) is 0 Å². The number of fused-ring (bicyclic) bond motifs is 1. The molecule has 3 aromatic rings. The number of anilines is 1. The van der Waals surface area contributed by atoms with E-state index in [-0.39, 0.29) is 17.3 Å². The molecular weight excluding hydrogens is 436 g/mol. The number of carbonyl (C=O) groups is 1. The molecule has 0 saturated carbocycles. The molecule has 7 nitrogen and oxygen atoms in total. The number of benzene rings is 2. The molecule has 0 bridgehead atoms. The Bertz CT molecular complexity index is 1280. The van der Waals surface area contributed by atoms with Gasteiger partial charge in [-0.1, -0.05) is 37.3 Å². The van der Waals surface area contributed by atoms with Gasteiger partial charge in [0.05, 0.1) is 12.1 Å². The summed E-state index contributed by atoms with van der Waals surface area (Å²) in [5, 5.41) is 3.86. The molecule has 8 heteroatoms. The highest BCUT2D eigenvalue weighted by Crippen LogP contribution is 2.26. The molecule has 1 aliphatic rings. The lowest BCUT2D eigenvalue weighted by molar-refractivity contribution is -0.117. The molecule has 0 unspecified atom stereocenters. The van der Waals surface area contributed by atoms with Crippen molar-refractivity contribution in [3.8, 4) is 0 Å². The molecule has 0 radical (unpaired) electrons. The van der Waals surface area contributed by atoms with Gasteiger partial charge in [-0.25, -0.2) is 8.42 Å². The van der Waals surface area contributed by atoms with E-state index in [0.717, 1.165) is 34.2 Å². The Morgan fingerprint density at radius 2 is 1.79 bits per heavy atom. The Morgan fingerprint density at radius 1 is 1.06 bits per heavy atom. The van der Waals surface area contributed by atoms with Crippen molar-refractivity contribution < 1.29 is 13.2 Å². The Hall–Kier alpha value is -2.81. The summed E-state index contributed by atoms with van der Waals surface area (Å²) in [4.78, 5) is 19.3. The van der Waals surface area contributed by atoms with Crippen LogP contribution in [0.3, 0.4) is 0 Å². The number of nitrogens with one attached hydrogen (secondary N) is 1. The van der Waals surface area contributed by atoms with Crippen LogP contribution in [-0.2, 0) is 21.2 Å². The van der Waals surface area contributed by atoms with Gasteiger partial charge in [0.2, 0.25) is 15.9 Å². The second-order valence-corrected chi connectivity index (χ2v) is 10.4. The number of amides is 1. The van der Waals surface area contributed by atoms with E-state index >= 15 is 0 Å². The number of carbonyl (C=O) groups excluding carboxylic acids is 1. The smallest absolute Gasteiger partial charge is 0.245 e. The van der Waals surface area contributed by atoms with Crippen molar-refractivity contribution >= 4 is 32.5 Å². The van der Waals surface area contributed by atoms with E-state index in [1.807, 2.05) is 49.1 Å². The van der Waals surface area contributed by atoms with E-state index in [9.17, 15) is 13.2 Å². The monoisotopic (exact) mass is 466 g/mol. The lowest BCUT2D eigenvalue weighted by atomic mass is 10.1. The van der Waals surface area contributed by atoms with E-state index < -0.39 is 10.0 Å². The summed E-state index contributed by atoms with van der Waals surface area (Å²) in [5.41, 5.74) is 4.51. The van der Waals surface area contributed by atoms with Gasteiger partial charge < -0.3 is 5.32 Å².